The summed E-state index contributed by atoms with van der Waals surface area (Å²) < 4.78 is 7.23. The quantitative estimate of drug-likeness (QED) is 0.797. The van der Waals surface area contributed by atoms with Crippen LogP contribution in [0.2, 0.25) is 0 Å². The third kappa shape index (κ3) is 2.34. The molecule has 1 heterocycles. The molecule has 2 unspecified atom stereocenters. The minimum Gasteiger partial charge on any atom is -0.490 e. The van der Waals surface area contributed by atoms with Gasteiger partial charge >= 0.3 is 0 Å². The largest absolute Gasteiger partial charge is 0.490 e. The van der Waals surface area contributed by atoms with E-state index in [4.69, 9.17) is 10.5 Å². The van der Waals surface area contributed by atoms with E-state index in [9.17, 15) is 0 Å². The molecule has 2 aliphatic rings. The van der Waals surface area contributed by atoms with Crippen LogP contribution in [0.15, 0.2) is 34.8 Å². The zero-order chi connectivity index (χ0) is 12.5. The predicted octanol–water partition coefficient (Wildman–Crippen LogP) is 3.96. The summed E-state index contributed by atoms with van der Waals surface area (Å²) in [5.74, 6) is 1.58. The van der Waals surface area contributed by atoms with Crippen LogP contribution in [0.1, 0.15) is 37.3 Å². The van der Waals surface area contributed by atoms with Crippen LogP contribution in [0.4, 0.5) is 0 Å². The maximum atomic E-state index is 6.28. The number of ether oxygens (including phenoxy) is 1. The van der Waals surface area contributed by atoms with Crippen molar-refractivity contribution in [2.45, 2.75) is 37.8 Å². The van der Waals surface area contributed by atoms with E-state index in [1.54, 1.807) is 0 Å². The van der Waals surface area contributed by atoms with Crippen molar-refractivity contribution in [3.63, 3.8) is 0 Å². The summed E-state index contributed by atoms with van der Waals surface area (Å²) in [6.45, 7) is 0. The Kier molecular flexibility index (Phi) is 3.44. The van der Waals surface area contributed by atoms with E-state index in [0.717, 1.165) is 28.6 Å². The minimum atomic E-state index is 0.109. The standard InChI is InChI=1S/C15H18BrNO/c16-11-6-7-12-13(17)9-14(18-15(12)8-11)10-4-2-1-3-5-10/h1-2,6-8,10,13-14H,3-5,9,17H2/t10?,13-,14?/m0/s1. The Balaban J connectivity index is 1.83. The number of fused-ring (bicyclic) bond motifs is 1. The molecule has 1 aromatic rings. The van der Waals surface area contributed by atoms with Crippen molar-refractivity contribution in [3.05, 3.63) is 40.4 Å². The lowest BCUT2D eigenvalue weighted by molar-refractivity contribution is 0.0937. The fourth-order valence-corrected chi connectivity index (χ4v) is 3.29. The van der Waals surface area contributed by atoms with Gasteiger partial charge in [-0.25, -0.2) is 0 Å². The second-order valence-electron chi connectivity index (χ2n) is 5.23. The molecule has 0 fully saturated rings. The Labute approximate surface area is 116 Å². The van der Waals surface area contributed by atoms with Gasteiger partial charge in [0.15, 0.2) is 0 Å². The summed E-state index contributed by atoms with van der Waals surface area (Å²) in [4.78, 5) is 0. The molecule has 0 radical (unpaired) electrons. The zero-order valence-corrected chi connectivity index (χ0v) is 11.9. The molecule has 0 saturated heterocycles. The molecule has 3 rings (SSSR count). The van der Waals surface area contributed by atoms with Gasteiger partial charge in [-0.3, -0.25) is 0 Å². The van der Waals surface area contributed by atoms with Crippen molar-refractivity contribution in [3.8, 4) is 5.75 Å². The number of halogens is 1. The van der Waals surface area contributed by atoms with Crippen molar-refractivity contribution in [1.29, 1.82) is 0 Å². The Morgan fingerprint density at radius 1 is 1.28 bits per heavy atom. The van der Waals surface area contributed by atoms with Crippen molar-refractivity contribution in [2.75, 3.05) is 0 Å². The highest BCUT2D eigenvalue weighted by Crippen LogP contribution is 2.39. The monoisotopic (exact) mass is 307 g/mol. The molecule has 3 heteroatoms. The van der Waals surface area contributed by atoms with Crippen LogP contribution in [0.25, 0.3) is 0 Å². The molecule has 0 bridgehead atoms. The first-order valence-electron chi connectivity index (χ1n) is 6.61. The number of rotatable bonds is 1. The molecule has 0 aromatic heterocycles. The van der Waals surface area contributed by atoms with Gasteiger partial charge < -0.3 is 10.5 Å². The first-order chi connectivity index (χ1) is 8.74. The highest BCUT2D eigenvalue weighted by molar-refractivity contribution is 9.10. The van der Waals surface area contributed by atoms with Gasteiger partial charge in [-0.1, -0.05) is 34.1 Å². The Morgan fingerprint density at radius 3 is 2.94 bits per heavy atom. The molecule has 0 saturated carbocycles. The van der Waals surface area contributed by atoms with E-state index in [-0.39, 0.29) is 12.1 Å². The van der Waals surface area contributed by atoms with Crippen LogP contribution in [-0.4, -0.2) is 6.10 Å². The van der Waals surface area contributed by atoms with Crippen LogP contribution in [0, 0.1) is 5.92 Å². The van der Waals surface area contributed by atoms with Gasteiger partial charge in [0.25, 0.3) is 0 Å². The van der Waals surface area contributed by atoms with E-state index in [0.29, 0.717) is 5.92 Å². The second-order valence-corrected chi connectivity index (χ2v) is 6.14. The molecule has 0 amide bonds. The third-order valence-electron chi connectivity index (χ3n) is 3.98. The average Bonchev–Trinajstić information content (AvgIpc) is 2.39. The Morgan fingerprint density at radius 2 is 2.17 bits per heavy atom. The smallest absolute Gasteiger partial charge is 0.125 e. The SMILES string of the molecule is N[C@H]1CC(C2CC=CCC2)Oc2cc(Br)ccc21. The summed E-state index contributed by atoms with van der Waals surface area (Å²) >= 11 is 3.49. The van der Waals surface area contributed by atoms with Crippen LogP contribution in [0.5, 0.6) is 5.75 Å². The van der Waals surface area contributed by atoms with Crippen LogP contribution < -0.4 is 10.5 Å². The Bertz CT molecular complexity index is 472. The van der Waals surface area contributed by atoms with E-state index in [1.165, 1.54) is 12.8 Å². The van der Waals surface area contributed by atoms with E-state index >= 15 is 0 Å². The number of allylic oxidation sites excluding steroid dienone is 2. The lowest BCUT2D eigenvalue weighted by Crippen LogP contribution is -2.35. The van der Waals surface area contributed by atoms with Crippen molar-refractivity contribution >= 4 is 15.9 Å². The topological polar surface area (TPSA) is 35.2 Å². The van der Waals surface area contributed by atoms with Crippen LogP contribution in [-0.2, 0) is 0 Å². The molecule has 1 aliphatic heterocycles. The van der Waals surface area contributed by atoms with Gasteiger partial charge in [0.1, 0.15) is 11.9 Å². The molecular weight excluding hydrogens is 290 g/mol. The summed E-state index contributed by atoms with van der Waals surface area (Å²) in [6, 6.07) is 6.25. The number of hydrogen-bond donors (Lipinski definition) is 1. The lowest BCUT2D eigenvalue weighted by atomic mass is 9.84. The van der Waals surface area contributed by atoms with Crippen molar-refractivity contribution in [2.24, 2.45) is 11.7 Å². The molecule has 0 spiro atoms. The molecule has 18 heavy (non-hydrogen) atoms. The first kappa shape index (κ1) is 12.2. The van der Waals surface area contributed by atoms with Gasteiger partial charge in [-0.2, -0.15) is 0 Å². The Hall–Kier alpha value is -0.800. The van der Waals surface area contributed by atoms with Gasteiger partial charge in [-0.05, 0) is 37.3 Å². The highest BCUT2D eigenvalue weighted by Gasteiger charge is 2.31. The highest BCUT2D eigenvalue weighted by atomic mass is 79.9. The average molecular weight is 308 g/mol. The van der Waals surface area contributed by atoms with Crippen LogP contribution in [0.3, 0.4) is 0 Å². The molecule has 3 atom stereocenters. The number of benzene rings is 1. The van der Waals surface area contributed by atoms with Crippen LogP contribution >= 0.6 is 15.9 Å². The summed E-state index contributed by atoms with van der Waals surface area (Å²) in [6.07, 6.45) is 9.27. The maximum Gasteiger partial charge on any atom is 0.125 e. The van der Waals surface area contributed by atoms with Gasteiger partial charge in [0.05, 0.1) is 0 Å². The maximum absolute atomic E-state index is 6.28. The van der Waals surface area contributed by atoms with Gasteiger partial charge in [-0.15, -0.1) is 0 Å². The first-order valence-corrected chi connectivity index (χ1v) is 7.40. The third-order valence-corrected chi connectivity index (χ3v) is 4.47. The number of nitrogens with two attached hydrogens (primary N) is 1. The molecule has 2 nitrogen and oxygen atoms in total. The molecular formula is C15H18BrNO. The normalized spacial score (nSPS) is 30.7. The molecule has 1 aliphatic carbocycles. The van der Waals surface area contributed by atoms with Gasteiger partial charge in [0, 0.05) is 22.5 Å². The van der Waals surface area contributed by atoms with Crippen molar-refractivity contribution in [1.82, 2.24) is 0 Å². The van der Waals surface area contributed by atoms with E-state index in [2.05, 4.69) is 34.1 Å². The fraction of sp³-hybridized carbons (Fsp3) is 0.467. The molecule has 1 aromatic carbocycles. The molecule has 2 N–H and O–H groups in total. The number of hydrogen-bond acceptors (Lipinski definition) is 2. The second kappa shape index (κ2) is 5.06. The van der Waals surface area contributed by atoms with E-state index in [1.807, 2.05) is 12.1 Å². The lowest BCUT2D eigenvalue weighted by Gasteiger charge is -2.35. The molecule has 96 valence electrons. The fourth-order valence-electron chi connectivity index (χ4n) is 2.95. The van der Waals surface area contributed by atoms with Gasteiger partial charge in [0.2, 0.25) is 0 Å². The summed E-state index contributed by atoms with van der Waals surface area (Å²) in [7, 11) is 0. The zero-order valence-electron chi connectivity index (χ0n) is 10.3. The van der Waals surface area contributed by atoms with E-state index < -0.39 is 0 Å². The predicted molar refractivity (Wildman–Crippen MR) is 76.6 cm³/mol. The summed E-state index contributed by atoms with van der Waals surface area (Å²) in [5.41, 5.74) is 7.42. The minimum absolute atomic E-state index is 0.109. The van der Waals surface area contributed by atoms with Crippen molar-refractivity contribution < 1.29 is 4.74 Å². The summed E-state index contributed by atoms with van der Waals surface area (Å²) in [5, 5.41) is 0.